The average Bonchev–Trinajstić information content (AvgIpc) is 2.36. The highest BCUT2D eigenvalue weighted by molar-refractivity contribution is 6.62. The van der Waals surface area contributed by atoms with Crippen LogP contribution >= 0.6 is 0 Å². The maximum atomic E-state index is 13.6. The van der Waals surface area contributed by atoms with Gasteiger partial charge in [0.2, 0.25) is 0 Å². The summed E-state index contributed by atoms with van der Waals surface area (Å²) in [6, 6.07) is 3.18. The zero-order chi connectivity index (χ0) is 11.2. The Bertz CT molecular complexity index is 404. The van der Waals surface area contributed by atoms with Crippen molar-refractivity contribution in [2.24, 2.45) is 0 Å². The van der Waals surface area contributed by atoms with Crippen molar-refractivity contribution in [1.82, 2.24) is 0 Å². The van der Waals surface area contributed by atoms with E-state index in [1.54, 1.807) is 6.07 Å². The predicted octanol–water partition coefficient (Wildman–Crippen LogP) is 1.34. The first-order chi connectivity index (χ1) is 6.95. The van der Waals surface area contributed by atoms with E-state index in [1.165, 1.54) is 6.07 Å². The van der Waals surface area contributed by atoms with E-state index in [0.717, 1.165) is 5.56 Å². The first kappa shape index (κ1) is 10.6. The molecule has 0 spiro atoms. The Labute approximate surface area is 89.2 Å². The van der Waals surface area contributed by atoms with E-state index in [2.05, 4.69) is 0 Å². The van der Waals surface area contributed by atoms with Crippen molar-refractivity contribution in [3.63, 3.8) is 0 Å². The molecule has 15 heavy (non-hydrogen) atoms. The van der Waals surface area contributed by atoms with Crippen LogP contribution in [-0.2, 0) is 16.7 Å². The van der Waals surface area contributed by atoms with Crippen molar-refractivity contribution in [1.29, 1.82) is 0 Å². The Hall–Kier alpha value is -0.865. The van der Waals surface area contributed by atoms with Crippen molar-refractivity contribution in [3.05, 3.63) is 29.1 Å². The molecule has 0 radical (unpaired) electrons. The van der Waals surface area contributed by atoms with Gasteiger partial charge in [0, 0.05) is 0 Å². The maximum Gasteiger partial charge on any atom is 0.492 e. The number of aryl methyl sites for hydroxylation is 1. The summed E-state index contributed by atoms with van der Waals surface area (Å²) in [5.41, 5.74) is 1.44. The van der Waals surface area contributed by atoms with Gasteiger partial charge < -0.3 is 9.68 Å². The van der Waals surface area contributed by atoms with Gasteiger partial charge in [0.15, 0.2) is 0 Å². The standard InChI is InChI=1S/C11H14BFO2/c1-4-7-5-9-8(6-10(7)13)11(2,3)15-12(9)14/h5-6,14H,4H2,1-3H3. The number of halogens is 1. The molecule has 0 aliphatic carbocycles. The van der Waals surface area contributed by atoms with Gasteiger partial charge in [0.05, 0.1) is 5.60 Å². The molecular formula is C11H14BFO2. The van der Waals surface area contributed by atoms with Gasteiger partial charge in [-0.1, -0.05) is 13.0 Å². The van der Waals surface area contributed by atoms with Crippen LogP contribution in [-0.4, -0.2) is 12.1 Å². The molecule has 1 aromatic rings. The summed E-state index contributed by atoms with van der Waals surface area (Å²) in [4.78, 5) is 0. The first-order valence-corrected chi connectivity index (χ1v) is 5.14. The minimum absolute atomic E-state index is 0.220. The van der Waals surface area contributed by atoms with E-state index in [-0.39, 0.29) is 5.82 Å². The van der Waals surface area contributed by atoms with Crippen LogP contribution < -0.4 is 5.46 Å². The molecule has 1 aliphatic heterocycles. The monoisotopic (exact) mass is 208 g/mol. The van der Waals surface area contributed by atoms with E-state index < -0.39 is 12.7 Å². The van der Waals surface area contributed by atoms with Crippen molar-refractivity contribution in [2.45, 2.75) is 32.8 Å². The van der Waals surface area contributed by atoms with E-state index >= 15 is 0 Å². The molecule has 4 heteroatoms. The highest BCUT2D eigenvalue weighted by Crippen LogP contribution is 2.30. The first-order valence-electron chi connectivity index (χ1n) is 5.14. The molecule has 2 nitrogen and oxygen atoms in total. The Morgan fingerprint density at radius 1 is 1.47 bits per heavy atom. The van der Waals surface area contributed by atoms with Crippen LogP contribution in [0.5, 0.6) is 0 Å². The van der Waals surface area contributed by atoms with Gasteiger partial charge in [0.25, 0.3) is 0 Å². The number of hydrogen-bond acceptors (Lipinski definition) is 2. The normalized spacial score (nSPS) is 18.1. The van der Waals surface area contributed by atoms with E-state index in [0.29, 0.717) is 17.4 Å². The predicted molar refractivity (Wildman–Crippen MR) is 57.5 cm³/mol. The van der Waals surface area contributed by atoms with Gasteiger partial charge in [-0.25, -0.2) is 4.39 Å². The smallest absolute Gasteiger partial charge is 0.423 e. The van der Waals surface area contributed by atoms with Crippen molar-refractivity contribution < 1.29 is 14.1 Å². The second kappa shape index (κ2) is 3.32. The molecule has 0 atom stereocenters. The Morgan fingerprint density at radius 2 is 2.13 bits per heavy atom. The van der Waals surface area contributed by atoms with Crippen LogP contribution in [0.1, 0.15) is 31.9 Å². The molecule has 0 unspecified atom stereocenters. The van der Waals surface area contributed by atoms with Crippen molar-refractivity contribution >= 4 is 12.6 Å². The zero-order valence-corrected chi connectivity index (χ0v) is 9.17. The molecular weight excluding hydrogens is 194 g/mol. The molecule has 0 saturated heterocycles. The molecule has 1 aromatic carbocycles. The lowest BCUT2D eigenvalue weighted by molar-refractivity contribution is 0.100. The summed E-state index contributed by atoms with van der Waals surface area (Å²) in [7, 11) is -0.930. The molecule has 2 rings (SSSR count). The fraction of sp³-hybridized carbons (Fsp3) is 0.455. The maximum absolute atomic E-state index is 13.6. The van der Waals surface area contributed by atoms with Gasteiger partial charge in [-0.3, -0.25) is 0 Å². The van der Waals surface area contributed by atoms with Crippen LogP contribution in [0.3, 0.4) is 0 Å². The quantitative estimate of drug-likeness (QED) is 0.705. The van der Waals surface area contributed by atoms with Gasteiger partial charge in [-0.15, -0.1) is 0 Å². The topological polar surface area (TPSA) is 29.5 Å². The van der Waals surface area contributed by atoms with E-state index in [9.17, 15) is 9.41 Å². The van der Waals surface area contributed by atoms with E-state index in [1.807, 2.05) is 20.8 Å². The summed E-state index contributed by atoms with van der Waals surface area (Å²) in [5, 5.41) is 9.68. The Balaban J connectivity index is 2.60. The lowest BCUT2D eigenvalue weighted by atomic mass is 9.77. The summed E-state index contributed by atoms with van der Waals surface area (Å²) in [5.74, 6) is -0.220. The molecule has 1 heterocycles. The Kier molecular flexibility index (Phi) is 2.36. The van der Waals surface area contributed by atoms with Crippen LogP contribution in [0.15, 0.2) is 12.1 Å². The fourth-order valence-electron chi connectivity index (χ4n) is 2.04. The zero-order valence-electron chi connectivity index (χ0n) is 9.17. The lowest BCUT2D eigenvalue weighted by Crippen LogP contribution is -2.29. The van der Waals surface area contributed by atoms with Gasteiger partial charge in [0.1, 0.15) is 5.82 Å². The molecule has 80 valence electrons. The van der Waals surface area contributed by atoms with Crippen LogP contribution in [0.25, 0.3) is 0 Å². The molecule has 0 aromatic heterocycles. The molecule has 1 N–H and O–H groups in total. The second-order valence-corrected chi connectivity index (χ2v) is 4.36. The molecule has 0 fully saturated rings. The molecule has 0 bridgehead atoms. The minimum atomic E-state index is -0.930. The van der Waals surface area contributed by atoms with Crippen molar-refractivity contribution in [2.75, 3.05) is 0 Å². The van der Waals surface area contributed by atoms with Crippen LogP contribution in [0.4, 0.5) is 4.39 Å². The third-order valence-corrected chi connectivity index (χ3v) is 2.92. The average molecular weight is 208 g/mol. The number of fused-ring (bicyclic) bond motifs is 1. The van der Waals surface area contributed by atoms with Gasteiger partial charge in [-0.05, 0) is 42.9 Å². The summed E-state index contributed by atoms with van der Waals surface area (Å²) < 4.78 is 18.9. The van der Waals surface area contributed by atoms with E-state index in [4.69, 9.17) is 4.65 Å². The van der Waals surface area contributed by atoms with Crippen molar-refractivity contribution in [3.8, 4) is 0 Å². The lowest BCUT2D eigenvalue weighted by Gasteiger charge is -2.19. The van der Waals surface area contributed by atoms with Crippen LogP contribution in [0.2, 0.25) is 0 Å². The second-order valence-electron chi connectivity index (χ2n) is 4.36. The largest absolute Gasteiger partial charge is 0.492 e. The van der Waals surface area contributed by atoms with Gasteiger partial charge >= 0.3 is 7.12 Å². The van der Waals surface area contributed by atoms with Crippen LogP contribution in [0, 0.1) is 5.82 Å². The highest BCUT2D eigenvalue weighted by Gasteiger charge is 2.41. The SMILES string of the molecule is CCc1cc2c(cc1F)C(C)(C)OB2O. The third-order valence-electron chi connectivity index (χ3n) is 2.92. The Morgan fingerprint density at radius 3 is 2.73 bits per heavy atom. The number of hydrogen-bond donors (Lipinski definition) is 1. The fourth-order valence-corrected chi connectivity index (χ4v) is 2.04. The molecule has 0 amide bonds. The highest BCUT2D eigenvalue weighted by atomic mass is 19.1. The summed E-state index contributed by atoms with van der Waals surface area (Å²) in [6.07, 6.45) is 0.617. The third kappa shape index (κ3) is 1.58. The summed E-state index contributed by atoms with van der Waals surface area (Å²) >= 11 is 0. The molecule has 1 aliphatic rings. The van der Waals surface area contributed by atoms with Gasteiger partial charge in [-0.2, -0.15) is 0 Å². The number of benzene rings is 1. The minimum Gasteiger partial charge on any atom is -0.423 e. The summed E-state index contributed by atoms with van der Waals surface area (Å²) in [6.45, 7) is 5.54. The number of rotatable bonds is 1. The molecule has 0 saturated carbocycles.